The number of hydrogen-bond acceptors (Lipinski definition) is 4. The maximum atomic E-state index is 4.91. The van der Waals surface area contributed by atoms with Gasteiger partial charge in [0.2, 0.25) is 0 Å². The fourth-order valence-electron chi connectivity index (χ4n) is 3.46. The van der Waals surface area contributed by atoms with Gasteiger partial charge in [0.05, 0.1) is 17.3 Å². The summed E-state index contributed by atoms with van der Waals surface area (Å²) in [6, 6.07) is 6.12. The first-order chi connectivity index (χ1) is 12.2. The van der Waals surface area contributed by atoms with Crippen LogP contribution in [0.15, 0.2) is 60.9 Å². The average molecular weight is 329 g/mol. The summed E-state index contributed by atoms with van der Waals surface area (Å²) in [5.74, 6) is 1.05. The van der Waals surface area contributed by atoms with Crippen LogP contribution in [0.3, 0.4) is 0 Å². The van der Waals surface area contributed by atoms with Gasteiger partial charge in [0.1, 0.15) is 11.5 Å². The van der Waals surface area contributed by atoms with Gasteiger partial charge in [0.25, 0.3) is 0 Å². The monoisotopic (exact) mass is 329 g/mol. The van der Waals surface area contributed by atoms with E-state index in [1.807, 2.05) is 31.2 Å². The highest BCUT2D eigenvalue weighted by atomic mass is 15.1. The first kappa shape index (κ1) is 15.4. The van der Waals surface area contributed by atoms with E-state index in [0.717, 1.165) is 41.0 Å². The Kier molecular flexibility index (Phi) is 3.76. The van der Waals surface area contributed by atoms with E-state index in [9.17, 15) is 0 Å². The van der Waals surface area contributed by atoms with Crippen LogP contribution in [0.1, 0.15) is 30.3 Å². The lowest BCUT2D eigenvalue weighted by Gasteiger charge is -2.11. The van der Waals surface area contributed by atoms with E-state index < -0.39 is 0 Å². The lowest BCUT2D eigenvalue weighted by molar-refractivity contribution is 0.713. The molecule has 0 atom stereocenters. The molecule has 0 bridgehead atoms. The predicted octanol–water partition coefficient (Wildman–Crippen LogP) is 4.27. The van der Waals surface area contributed by atoms with Gasteiger partial charge in [-0.2, -0.15) is 5.10 Å². The lowest BCUT2D eigenvalue weighted by Crippen LogP contribution is -2.01. The molecule has 0 aliphatic heterocycles. The number of aryl methyl sites for hydroxylation is 1. The predicted molar refractivity (Wildman–Crippen MR) is 99.0 cm³/mol. The SMILES string of the molecule is C=CC1=C(C=C)CC(c2cccc(-c3nc(C)nc4[nH]ncc34)n2)C1. The molecule has 0 fully saturated rings. The zero-order valence-electron chi connectivity index (χ0n) is 14.2. The topological polar surface area (TPSA) is 67.3 Å². The summed E-state index contributed by atoms with van der Waals surface area (Å²) in [5, 5.41) is 7.88. The van der Waals surface area contributed by atoms with Gasteiger partial charge in [0, 0.05) is 11.6 Å². The number of rotatable bonds is 4. The first-order valence-electron chi connectivity index (χ1n) is 8.31. The van der Waals surface area contributed by atoms with E-state index in [-0.39, 0.29) is 0 Å². The number of hydrogen-bond donors (Lipinski definition) is 1. The molecule has 0 saturated heterocycles. The summed E-state index contributed by atoms with van der Waals surface area (Å²) in [6.45, 7) is 9.71. The Bertz CT molecular complexity index is 992. The normalized spacial score (nSPS) is 15.1. The Morgan fingerprint density at radius 2 is 1.84 bits per heavy atom. The smallest absolute Gasteiger partial charge is 0.159 e. The highest BCUT2D eigenvalue weighted by Crippen LogP contribution is 2.39. The van der Waals surface area contributed by atoms with Gasteiger partial charge in [-0.1, -0.05) is 31.4 Å². The molecule has 3 aromatic heterocycles. The van der Waals surface area contributed by atoms with E-state index in [2.05, 4.69) is 39.4 Å². The van der Waals surface area contributed by atoms with Gasteiger partial charge < -0.3 is 0 Å². The number of aromatic nitrogens is 5. The zero-order valence-corrected chi connectivity index (χ0v) is 14.2. The number of aromatic amines is 1. The molecule has 0 aromatic carbocycles. The van der Waals surface area contributed by atoms with Crippen molar-refractivity contribution in [3.8, 4) is 11.4 Å². The van der Waals surface area contributed by atoms with Gasteiger partial charge >= 0.3 is 0 Å². The van der Waals surface area contributed by atoms with Crippen LogP contribution in [0.2, 0.25) is 0 Å². The molecule has 25 heavy (non-hydrogen) atoms. The number of nitrogens with one attached hydrogen (secondary N) is 1. The molecule has 0 saturated carbocycles. The molecule has 1 N–H and O–H groups in total. The second-order valence-electron chi connectivity index (χ2n) is 6.26. The van der Waals surface area contributed by atoms with Crippen LogP contribution < -0.4 is 0 Å². The van der Waals surface area contributed by atoms with Gasteiger partial charge in [0.15, 0.2) is 5.65 Å². The summed E-state index contributed by atoms with van der Waals surface area (Å²) in [6.07, 6.45) is 7.52. The molecule has 3 aromatic rings. The molecular formula is C20H19N5. The minimum atomic E-state index is 0.351. The van der Waals surface area contributed by atoms with Gasteiger partial charge in [-0.25, -0.2) is 9.97 Å². The maximum absolute atomic E-state index is 4.91. The molecule has 0 spiro atoms. The minimum Gasteiger partial charge on any atom is -0.261 e. The van der Waals surface area contributed by atoms with Crippen molar-refractivity contribution < 1.29 is 0 Å². The van der Waals surface area contributed by atoms with Crippen LogP contribution >= 0.6 is 0 Å². The van der Waals surface area contributed by atoms with Crippen LogP contribution in [-0.2, 0) is 0 Å². The standard InChI is InChI=1S/C20H19N5/c1-4-13-9-15(10-14(13)5-2)17-7-6-8-18(24-17)19-16-11-21-25-20(16)23-12(3)22-19/h4-8,11,15H,1-2,9-10H2,3H3,(H,21,22,23,25). The Morgan fingerprint density at radius 1 is 1.08 bits per heavy atom. The van der Waals surface area contributed by atoms with Crippen LogP contribution in [0, 0.1) is 6.92 Å². The number of pyridine rings is 1. The van der Waals surface area contributed by atoms with E-state index in [1.165, 1.54) is 11.1 Å². The van der Waals surface area contributed by atoms with Crippen molar-refractivity contribution in [3.05, 3.63) is 72.4 Å². The van der Waals surface area contributed by atoms with Crippen molar-refractivity contribution in [2.24, 2.45) is 0 Å². The fourth-order valence-corrected chi connectivity index (χ4v) is 3.46. The van der Waals surface area contributed by atoms with Crippen molar-refractivity contribution >= 4 is 11.0 Å². The molecule has 5 heteroatoms. The number of fused-ring (bicyclic) bond motifs is 1. The highest BCUT2D eigenvalue weighted by molar-refractivity contribution is 5.88. The van der Waals surface area contributed by atoms with E-state index >= 15 is 0 Å². The van der Waals surface area contributed by atoms with E-state index in [0.29, 0.717) is 11.7 Å². The number of nitrogens with zero attached hydrogens (tertiary/aromatic N) is 4. The maximum Gasteiger partial charge on any atom is 0.159 e. The molecule has 4 rings (SSSR count). The van der Waals surface area contributed by atoms with Crippen molar-refractivity contribution in [1.82, 2.24) is 25.1 Å². The van der Waals surface area contributed by atoms with Crippen molar-refractivity contribution in [1.29, 1.82) is 0 Å². The Hall–Kier alpha value is -3.08. The van der Waals surface area contributed by atoms with Gasteiger partial charge in [-0.05, 0) is 43.0 Å². The van der Waals surface area contributed by atoms with E-state index in [4.69, 9.17) is 4.98 Å². The molecule has 5 nitrogen and oxygen atoms in total. The Morgan fingerprint density at radius 3 is 2.56 bits per heavy atom. The average Bonchev–Trinajstić information content (AvgIpc) is 3.27. The fraction of sp³-hybridized carbons (Fsp3) is 0.200. The van der Waals surface area contributed by atoms with Crippen LogP contribution in [0.4, 0.5) is 0 Å². The van der Waals surface area contributed by atoms with Crippen molar-refractivity contribution in [2.45, 2.75) is 25.7 Å². The summed E-state index contributed by atoms with van der Waals surface area (Å²) in [5.41, 5.74) is 6.00. The quantitative estimate of drug-likeness (QED) is 0.776. The third-order valence-electron chi connectivity index (χ3n) is 4.69. The first-order valence-corrected chi connectivity index (χ1v) is 8.31. The van der Waals surface area contributed by atoms with E-state index in [1.54, 1.807) is 6.20 Å². The van der Waals surface area contributed by atoms with Crippen LogP contribution in [0.5, 0.6) is 0 Å². The molecule has 124 valence electrons. The molecule has 0 unspecified atom stereocenters. The summed E-state index contributed by atoms with van der Waals surface area (Å²) >= 11 is 0. The second kappa shape index (κ2) is 6.09. The molecule has 3 heterocycles. The Balaban J connectivity index is 1.74. The number of allylic oxidation sites excluding steroid dienone is 4. The van der Waals surface area contributed by atoms with Gasteiger partial charge in [-0.3, -0.25) is 10.1 Å². The molecule has 0 amide bonds. The van der Waals surface area contributed by atoms with Crippen molar-refractivity contribution in [2.75, 3.05) is 0 Å². The Labute approximate surface area is 146 Å². The van der Waals surface area contributed by atoms with Crippen LogP contribution in [0.25, 0.3) is 22.4 Å². The second-order valence-corrected chi connectivity index (χ2v) is 6.26. The summed E-state index contributed by atoms with van der Waals surface area (Å²) in [4.78, 5) is 13.9. The third kappa shape index (κ3) is 2.67. The van der Waals surface area contributed by atoms with Crippen LogP contribution in [-0.4, -0.2) is 25.1 Å². The largest absolute Gasteiger partial charge is 0.261 e. The zero-order chi connectivity index (χ0) is 17.4. The van der Waals surface area contributed by atoms with Gasteiger partial charge in [-0.15, -0.1) is 0 Å². The molecule has 1 aliphatic carbocycles. The van der Waals surface area contributed by atoms with Crippen molar-refractivity contribution in [3.63, 3.8) is 0 Å². The third-order valence-corrected chi connectivity index (χ3v) is 4.69. The molecule has 0 radical (unpaired) electrons. The number of H-pyrrole nitrogens is 1. The highest BCUT2D eigenvalue weighted by Gasteiger charge is 2.24. The summed E-state index contributed by atoms with van der Waals surface area (Å²) < 4.78 is 0. The lowest BCUT2D eigenvalue weighted by atomic mass is 9.99. The molecular weight excluding hydrogens is 310 g/mol. The molecule has 1 aliphatic rings. The minimum absolute atomic E-state index is 0.351. The summed E-state index contributed by atoms with van der Waals surface area (Å²) in [7, 11) is 0.